The first-order valence-electron chi connectivity index (χ1n) is 11.6. The van der Waals surface area contributed by atoms with Crippen molar-refractivity contribution in [3.8, 4) is 0 Å². The van der Waals surface area contributed by atoms with Crippen molar-refractivity contribution in [1.29, 1.82) is 0 Å². The lowest BCUT2D eigenvalue weighted by molar-refractivity contribution is -0.139. The fraction of sp³-hybridized carbons (Fsp3) is 0.370. The van der Waals surface area contributed by atoms with Gasteiger partial charge < -0.3 is 19.9 Å². The molecule has 1 saturated carbocycles. The summed E-state index contributed by atoms with van der Waals surface area (Å²) in [6, 6.07) is 11.3. The number of carboxylic acids is 1. The zero-order chi connectivity index (χ0) is 26.1. The van der Waals surface area contributed by atoms with E-state index >= 15 is 0 Å². The highest BCUT2D eigenvalue weighted by molar-refractivity contribution is 6.39. The number of Topliss-reactive ketones (excluding diaryl/α,β-unsaturated/α-hetero) is 1. The molecule has 1 fully saturated rings. The summed E-state index contributed by atoms with van der Waals surface area (Å²) < 4.78 is 11.3. The Labute approximate surface area is 220 Å². The number of hydrogen-bond acceptors (Lipinski definition) is 5. The third kappa shape index (κ3) is 7.17. The number of hydrogen-bond donors (Lipinski definition) is 2. The minimum absolute atomic E-state index is 0.0395. The number of carboxylic acid groups (broad SMARTS) is 1. The Balaban J connectivity index is 1.66. The Hall–Kier alpha value is -2.71. The molecule has 1 amide bonds. The fourth-order valence-electron chi connectivity index (χ4n) is 4.17. The molecule has 0 aromatic heterocycles. The first kappa shape index (κ1) is 27.9. The summed E-state index contributed by atoms with van der Waals surface area (Å²) >= 11 is 12.1. The van der Waals surface area contributed by atoms with Crippen LogP contribution in [0.15, 0.2) is 48.5 Å². The zero-order valence-electron chi connectivity index (χ0n) is 20.0. The van der Waals surface area contributed by atoms with Gasteiger partial charge in [0.2, 0.25) is 0 Å². The normalized spacial score (nSPS) is 16.1. The maximum absolute atomic E-state index is 12.6. The van der Waals surface area contributed by atoms with E-state index in [0.717, 1.165) is 11.1 Å². The van der Waals surface area contributed by atoms with Gasteiger partial charge in [-0.1, -0.05) is 65.7 Å². The molecule has 2 aromatic carbocycles. The van der Waals surface area contributed by atoms with Crippen LogP contribution in [0.2, 0.25) is 10.0 Å². The van der Waals surface area contributed by atoms with E-state index in [9.17, 15) is 19.5 Å². The molecule has 1 unspecified atom stereocenters. The molecule has 0 bridgehead atoms. The van der Waals surface area contributed by atoms with E-state index in [4.69, 9.17) is 32.7 Å². The summed E-state index contributed by atoms with van der Waals surface area (Å²) in [5.41, 5.74) is 1.38. The van der Waals surface area contributed by atoms with Crippen molar-refractivity contribution in [2.24, 2.45) is 0 Å². The molecule has 2 aromatic rings. The van der Waals surface area contributed by atoms with Crippen molar-refractivity contribution in [1.82, 2.24) is 5.32 Å². The third-order valence-corrected chi connectivity index (χ3v) is 6.82. The zero-order valence-corrected chi connectivity index (χ0v) is 21.5. The Bertz CT molecular complexity index is 1090. The highest BCUT2D eigenvalue weighted by Gasteiger charge is 2.37. The van der Waals surface area contributed by atoms with Gasteiger partial charge in [-0.25, -0.2) is 4.79 Å². The average molecular weight is 534 g/mol. The number of rotatable bonds is 11. The monoisotopic (exact) mass is 533 g/mol. The van der Waals surface area contributed by atoms with Crippen molar-refractivity contribution in [3.63, 3.8) is 0 Å². The largest absolute Gasteiger partial charge is 0.480 e. The van der Waals surface area contributed by atoms with Crippen LogP contribution >= 0.6 is 23.2 Å². The molecule has 9 heteroatoms. The molecular weight excluding hydrogens is 505 g/mol. The summed E-state index contributed by atoms with van der Waals surface area (Å²) in [6.45, 7) is 0.911. The molecule has 0 radical (unpaired) electrons. The molecule has 2 N–H and O–H groups in total. The second-order valence-corrected chi connectivity index (χ2v) is 9.41. The molecule has 0 spiro atoms. The average Bonchev–Trinajstić information content (AvgIpc) is 2.85. The van der Waals surface area contributed by atoms with Gasteiger partial charge in [0, 0.05) is 20.0 Å². The molecule has 36 heavy (non-hydrogen) atoms. The summed E-state index contributed by atoms with van der Waals surface area (Å²) in [4.78, 5) is 36.1. The maximum atomic E-state index is 12.6. The van der Waals surface area contributed by atoms with Crippen molar-refractivity contribution >= 4 is 46.9 Å². The molecule has 0 heterocycles. The minimum atomic E-state index is -1.17. The number of methoxy groups -OCH3 is 1. The smallest absolute Gasteiger partial charge is 0.326 e. The Morgan fingerprint density at radius 3 is 2.31 bits per heavy atom. The number of benzene rings is 2. The van der Waals surface area contributed by atoms with Crippen LogP contribution in [0.4, 0.5) is 0 Å². The lowest BCUT2D eigenvalue weighted by Crippen LogP contribution is -2.40. The molecule has 3 rings (SSSR count). The molecular formula is C27H29Cl2NO6. The number of carbonyl (C=O) groups excluding carboxylic acids is 2. The summed E-state index contributed by atoms with van der Waals surface area (Å²) in [5.74, 6) is -1.58. The number of nitrogens with one attached hydrogen (secondary N) is 1. The van der Waals surface area contributed by atoms with Crippen LogP contribution in [0.3, 0.4) is 0 Å². The number of ether oxygens (including phenoxy) is 2. The number of halogens is 2. The van der Waals surface area contributed by atoms with E-state index in [1.54, 1.807) is 25.3 Å². The molecule has 1 atom stereocenters. The molecule has 1 aliphatic rings. The Kier molecular flexibility index (Phi) is 10.1. The number of carbonyl (C=O) groups is 3. The second kappa shape index (κ2) is 13.0. The highest BCUT2D eigenvalue weighted by Crippen LogP contribution is 2.39. The van der Waals surface area contributed by atoms with Gasteiger partial charge in [-0.3, -0.25) is 9.59 Å². The summed E-state index contributed by atoms with van der Waals surface area (Å²) in [7, 11) is 1.62. The topological polar surface area (TPSA) is 102 Å². The quantitative estimate of drug-likeness (QED) is 0.381. The fourth-order valence-corrected chi connectivity index (χ4v) is 4.74. The predicted octanol–water partition coefficient (Wildman–Crippen LogP) is 5.28. The molecule has 0 aliphatic heterocycles. The van der Waals surface area contributed by atoms with Crippen LogP contribution in [0, 0.1) is 0 Å². The van der Waals surface area contributed by atoms with E-state index in [-0.39, 0.29) is 27.8 Å². The molecule has 192 valence electrons. The first-order chi connectivity index (χ1) is 17.3. The van der Waals surface area contributed by atoms with Crippen LogP contribution in [0.5, 0.6) is 0 Å². The van der Waals surface area contributed by atoms with Crippen molar-refractivity contribution in [2.45, 2.75) is 43.7 Å². The standard InChI is InChI=1S/C27H29Cl2NO6/c1-35-16-17-36-27(14-12-20(31)13-15-27)19-10-8-18(9-11-19)4-2-7-23(26(33)34)30-25(32)24-21(28)5-3-6-22(24)29/h2-6,8-11,23H,7,12-17H2,1H3,(H,30,32)(H,33,34)/b4-2+. The molecule has 1 aliphatic carbocycles. The summed E-state index contributed by atoms with van der Waals surface area (Å²) in [5, 5.41) is 12.3. The van der Waals surface area contributed by atoms with Crippen molar-refractivity contribution < 1.29 is 29.0 Å². The Morgan fingerprint density at radius 1 is 1.08 bits per heavy atom. The minimum Gasteiger partial charge on any atom is -0.480 e. The van der Waals surface area contributed by atoms with Crippen LogP contribution in [-0.4, -0.2) is 49.1 Å². The molecule has 7 nitrogen and oxygen atoms in total. The van der Waals surface area contributed by atoms with Gasteiger partial charge in [0.25, 0.3) is 5.91 Å². The number of ketones is 1. The van der Waals surface area contributed by atoms with E-state index in [1.807, 2.05) is 24.3 Å². The lowest BCUT2D eigenvalue weighted by atomic mass is 9.78. The van der Waals surface area contributed by atoms with Crippen molar-refractivity contribution in [2.75, 3.05) is 20.3 Å². The van der Waals surface area contributed by atoms with Gasteiger partial charge in [-0.15, -0.1) is 0 Å². The highest BCUT2D eigenvalue weighted by atomic mass is 35.5. The van der Waals surface area contributed by atoms with Crippen LogP contribution < -0.4 is 5.32 Å². The predicted molar refractivity (Wildman–Crippen MR) is 138 cm³/mol. The number of amides is 1. The van der Waals surface area contributed by atoms with E-state index in [1.165, 1.54) is 12.1 Å². The van der Waals surface area contributed by atoms with Gasteiger partial charge in [0.15, 0.2) is 0 Å². The van der Waals surface area contributed by atoms with Gasteiger partial charge in [0.05, 0.1) is 34.4 Å². The third-order valence-electron chi connectivity index (χ3n) is 6.19. The van der Waals surface area contributed by atoms with E-state index < -0.39 is 23.5 Å². The van der Waals surface area contributed by atoms with Crippen LogP contribution in [-0.2, 0) is 24.7 Å². The first-order valence-corrected chi connectivity index (χ1v) is 12.4. The van der Waals surface area contributed by atoms with Gasteiger partial charge >= 0.3 is 5.97 Å². The maximum Gasteiger partial charge on any atom is 0.326 e. The van der Waals surface area contributed by atoms with E-state index in [0.29, 0.717) is 38.9 Å². The summed E-state index contributed by atoms with van der Waals surface area (Å²) in [6.07, 6.45) is 5.76. The van der Waals surface area contributed by atoms with Crippen LogP contribution in [0.1, 0.15) is 53.6 Å². The van der Waals surface area contributed by atoms with Gasteiger partial charge in [-0.2, -0.15) is 0 Å². The van der Waals surface area contributed by atoms with Crippen LogP contribution in [0.25, 0.3) is 6.08 Å². The molecule has 0 saturated heterocycles. The van der Waals surface area contributed by atoms with Gasteiger partial charge in [0.1, 0.15) is 11.8 Å². The van der Waals surface area contributed by atoms with Gasteiger partial charge in [-0.05, 0) is 42.5 Å². The SMILES string of the molecule is COCCOC1(c2ccc(/C=C/CC(NC(=O)c3c(Cl)cccc3Cl)C(=O)O)cc2)CCC(=O)CC1. The van der Waals surface area contributed by atoms with E-state index in [2.05, 4.69) is 5.32 Å². The Morgan fingerprint density at radius 2 is 1.72 bits per heavy atom. The van der Waals surface area contributed by atoms with Crippen molar-refractivity contribution in [3.05, 3.63) is 75.3 Å². The lowest BCUT2D eigenvalue weighted by Gasteiger charge is -2.37. The second-order valence-electron chi connectivity index (χ2n) is 8.60. The number of aliphatic carboxylic acids is 1.